The molecule has 0 spiro atoms. The van der Waals surface area contributed by atoms with E-state index in [0.29, 0.717) is 0 Å². The molecule has 0 rings (SSSR count). The smallest absolute Gasteiger partial charge is 0.326 e. The molecule has 0 bridgehead atoms. The summed E-state index contributed by atoms with van der Waals surface area (Å²) in [6.07, 6.45) is -0.343. The Morgan fingerprint density at radius 2 is 1.34 bits per heavy atom. The molecule has 0 aromatic rings. The zero-order valence-corrected chi connectivity index (χ0v) is 20.6. The molecule has 11 N–H and O–H groups in total. The number of carbonyl (C=O) groups excluding carboxylic acids is 3. The lowest BCUT2D eigenvalue weighted by Gasteiger charge is -2.26. The summed E-state index contributed by atoms with van der Waals surface area (Å²) >= 11 is 0. The molecule has 0 fully saturated rings. The van der Waals surface area contributed by atoms with Crippen molar-refractivity contribution in [1.82, 2.24) is 16.0 Å². The minimum absolute atomic E-state index is 0.00225. The Labute approximate surface area is 204 Å². The first-order valence-electron chi connectivity index (χ1n) is 11.3. The SMILES string of the molecule is CC(C)CC(NC(=O)C(N)C(C)C)C(=O)NC(CCCN=C(N)N)C(=O)NC(CC(=O)O)C(=O)O. The third kappa shape index (κ3) is 13.2. The van der Waals surface area contributed by atoms with Gasteiger partial charge in [-0.2, -0.15) is 0 Å². The van der Waals surface area contributed by atoms with Gasteiger partial charge in [0, 0.05) is 6.54 Å². The average Bonchev–Trinajstić information content (AvgIpc) is 2.72. The van der Waals surface area contributed by atoms with Crippen molar-refractivity contribution in [2.75, 3.05) is 6.54 Å². The van der Waals surface area contributed by atoms with Crippen LogP contribution in [0.25, 0.3) is 0 Å². The summed E-state index contributed by atoms with van der Waals surface area (Å²) in [7, 11) is 0. The van der Waals surface area contributed by atoms with E-state index in [-0.39, 0.29) is 43.6 Å². The molecular weight excluding hydrogens is 462 g/mol. The Morgan fingerprint density at radius 3 is 1.80 bits per heavy atom. The molecule has 0 saturated heterocycles. The Kier molecular flexibility index (Phi) is 14.0. The molecule has 0 aliphatic rings. The molecule has 3 amide bonds. The van der Waals surface area contributed by atoms with Crippen LogP contribution < -0.4 is 33.2 Å². The van der Waals surface area contributed by atoms with Crippen molar-refractivity contribution in [2.45, 2.75) is 77.5 Å². The van der Waals surface area contributed by atoms with E-state index in [1.54, 1.807) is 13.8 Å². The van der Waals surface area contributed by atoms with Gasteiger partial charge in [0.1, 0.15) is 18.1 Å². The third-order valence-electron chi connectivity index (χ3n) is 4.93. The van der Waals surface area contributed by atoms with E-state index in [9.17, 15) is 29.1 Å². The summed E-state index contributed by atoms with van der Waals surface area (Å²) in [5.41, 5.74) is 16.4. The number of aliphatic carboxylic acids is 2. The number of hydrogen-bond acceptors (Lipinski definition) is 7. The Hall–Kier alpha value is -3.42. The van der Waals surface area contributed by atoms with Gasteiger partial charge in [-0.15, -0.1) is 0 Å². The lowest BCUT2D eigenvalue weighted by Crippen LogP contribution is -2.57. The van der Waals surface area contributed by atoms with Crippen molar-refractivity contribution in [3.05, 3.63) is 0 Å². The van der Waals surface area contributed by atoms with Crippen LogP contribution in [0.2, 0.25) is 0 Å². The Balaban J connectivity index is 5.66. The van der Waals surface area contributed by atoms with Gasteiger partial charge in [-0.25, -0.2) is 4.79 Å². The molecule has 4 atom stereocenters. The topological polar surface area (TPSA) is 252 Å². The van der Waals surface area contributed by atoms with Crippen molar-refractivity contribution in [3.63, 3.8) is 0 Å². The van der Waals surface area contributed by atoms with Crippen molar-refractivity contribution >= 4 is 35.6 Å². The monoisotopic (exact) mass is 501 g/mol. The highest BCUT2D eigenvalue weighted by Gasteiger charge is 2.31. The maximum Gasteiger partial charge on any atom is 0.326 e. The average molecular weight is 502 g/mol. The molecule has 14 heteroatoms. The number of aliphatic imine (C=N–C) groups is 1. The second-order valence-electron chi connectivity index (χ2n) is 8.97. The predicted molar refractivity (Wildman–Crippen MR) is 128 cm³/mol. The van der Waals surface area contributed by atoms with Crippen LogP contribution in [0.5, 0.6) is 0 Å². The lowest BCUT2D eigenvalue weighted by molar-refractivity contribution is -0.147. The minimum atomic E-state index is -1.70. The van der Waals surface area contributed by atoms with Gasteiger partial charge >= 0.3 is 11.9 Å². The molecule has 0 aromatic carbocycles. The van der Waals surface area contributed by atoms with E-state index in [2.05, 4.69) is 20.9 Å². The summed E-state index contributed by atoms with van der Waals surface area (Å²) in [5.74, 6) is -5.39. The summed E-state index contributed by atoms with van der Waals surface area (Å²) in [6.45, 7) is 7.34. The minimum Gasteiger partial charge on any atom is -0.481 e. The summed E-state index contributed by atoms with van der Waals surface area (Å²) in [6, 6.07) is -4.79. The number of amides is 3. The van der Waals surface area contributed by atoms with Crippen molar-refractivity contribution in [2.24, 2.45) is 34.0 Å². The van der Waals surface area contributed by atoms with Crippen LogP contribution in [-0.4, -0.2) is 76.5 Å². The third-order valence-corrected chi connectivity index (χ3v) is 4.93. The molecule has 0 aromatic heterocycles. The van der Waals surface area contributed by atoms with Crippen molar-refractivity contribution < 1.29 is 34.2 Å². The van der Waals surface area contributed by atoms with Crippen LogP contribution in [0, 0.1) is 11.8 Å². The van der Waals surface area contributed by atoms with E-state index in [0.717, 1.165) is 0 Å². The molecule has 0 saturated carbocycles. The Bertz CT molecular complexity index is 782. The molecule has 0 heterocycles. The van der Waals surface area contributed by atoms with Gasteiger partial charge in [0.15, 0.2) is 5.96 Å². The second-order valence-corrected chi connectivity index (χ2v) is 8.97. The predicted octanol–water partition coefficient (Wildman–Crippen LogP) is -1.92. The second kappa shape index (κ2) is 15.5. The number of carboxylic acid groups (broad SMARTS) is 2. The first-order chi connectivity index (χ1) is 16.1. The fourth-order valence-corrected chi connectivity index (χ4v) is 2.97. The van der Waals surface area contributed by atoms with E-state index >= 15 is 0 Å². The highest BCUT2D eigenvalue weighted by Crippen LogP contribution is 2.09. The Morgan fingerprint density at radius 1 is 0.829 bits per heavy atom. The maximum absolute atomic E-state index is 13.0. The molecule has 0 aliphatic heterocycles. The van der Waals surface area contributed by atoms with Crippen LogP contribution in [-0.2, 0) is 24.0 Å². The van der Waals surface area contributed by atoms with E-state index < -0.39 is 60.2 Å². The molecule has 200 valence electrons. The van der Waals surface area contributed by atoms with Gasteiger partial charge in [-0.3, -0.25) is 24.2 Å². The number of rotatable bonds is 16. The molecular formula is C21H39N7O7. The summed E-state index contributed by atoms with van der Waals surface area (Å²) in [4.78, 5) is 64.4. The van der Waals surface area contributed by atoms with Crippen LogP contribution in [0.1, 0.15) is 53.4 Å². The zero-order chi connectivity index (χ0) is 27.3. The van der Waals surface area contributed by atoms with E-state index in [1.807, 2.05) is 13.8 Å². The normalized spacial score (nSPS) is 14.4. The van der Waals surface area contributed by atoms with Gasteiger partial charge in [0.25, 0.3) is 0 Å². The summed E-state index contributed by atoms with van der Waals surface area (Å²) in [5, 5.41) is 25.4. The fraction of sp³-hybridized carbons (Fsp3) is 0.714. The number of carboxylic acids is 2. The summed E-state index contributed by atoms with van der Waals surface area (Å²) < 4.78 is 0. The first kappa shape index (κ1) is 31.6. The number of carbonyl (C=O) groups is 5. The van der Waals surface area contributed by atoms with Gasteiger partial charge in [0.05, 0.1) is 12.5 Å². The highest BCUT2D eigenvalue weighted by molar-refractivity contribution is 5.94. The molecule has 4 unspecified atom stereocenters. The van der Waals surface area contributed by atoms with Crippen molar-refractivity contribution in [1.29, 1.82) is 0 Å². The van der Waals surface area contributed by atoms with E-state index in [4.69, 9.17) is 22.3 Å². The quantitative estimate of drug-likeness (QED) is 0.0661. The molecule has 0 aliphatic carbocycles. The molecule has 14 nitrogen and oxygen atoms in total. The van der Waals surface area contributed by atoms with Gasteiger partial charge in [-0.05, 0) is 31.1 Å². The zero-order valence-electron chi connectivity index (χ0n) is 20.6. The van der Waals surface area contributed by atoms with Gasteiger partial charge in [-0.1, -0.05) is 27.7 Å². The highest BCUT2D eigenvalue weighted by atomic mass is 16.4. The van der Waals surface area contributed by atoms with Gasteiger partial charge < -0.3 is 43.4 Å². The first-order valence-corrected chi connectivity index (χ1v) is 11.3. The number of hydrogen-bond donors (Lipinski definition) is 8. The number of guanidine groups is 1. The van der Waals surface area contributed by atoms with Crippen LogP contribution in [0.3, 0.4) is 0 Å². The largest absolute Gasteiger partial charge is 0.481 e. The lowest BCUT2D eigenvalue weighted by atomic mass is 10.00. The van der Waals surface area contributed by atoms with Crippen LogP contribution in [0.15, 0.2) is 4.99 Å². The van der Waals surface area contributed by atoms with E-state index in [1.165, 1.54) is 0 Å². The standard InChI is InChI=1S/C21H39N7O7/c1-10(2)8-13(27-19(33)16(22)11(3)4)18(32)26-12(6-5-7-25-21(23)24)17(31)28-14(20(34)35)9-15(29)30/h10-14,16H,5-9,22H2,1-4H3,(H,26,32)(H,27,33)(H,28,31)(H,29,30)(H,34,35)(H4,23,24,25). The van der Waals surface area contributed by atoms with Crippen LogP contribution >= 0.6 is 0 Å². The number of nitrogens with zero attached hydrogens (tertiary/aromatic N) is 1. The molecule has 0 radical (unpaired) electrons. The number of nitrogens with one attached hydrogen (secondary N) is 3. The molecule has 35 heavy (non-hydrogen) atoms. The van der Waals surface area contributed by atoms with Crippen molar-refractivity contribution in [3.8, 4) is 0 Å². The number of nitrogens with two attached hydrogens (primary N) is 3. The fourth-order valence-electron chi connectivity index (χ4n) is 2.97. The van der Waals surface area contributed by atoms with Crippen LogP contribution in [0.4, 0.5) is 0 Å². The van der Waals surface area contributed by atoms with Gasteiger partial charge in [0.2, 0.25) is 17.7 Å². The maximum atomic E-state index is 13.0.